The Labute approximate surface area is 109 Å². The Morgan fingerprint density at radius 2 is 2.24 bits per heavy atom. The zero-order chi connectivity index (χ0) is 12.5. The SMILES string of the molecule is CCOC(=O)C1(c2cc(Br)ccc2C)COC1. The molecular weight excluding hydrogens is 284 g/mol. The van der Waals surface area contributed by atoms with Gasteiger partial charge in [-0.2, -0.15) is 0 Å². The lowest BCUT2D eigenvalue weighted by Gasteiger charge is -2.40. The molecule has 1 heterocycles. The molecule has 17 heavy (non-hydrogen) atoms. The van der Waals surface area contributed by atoms with Gasteiger partial charge < -0.3 is 9.47 Å². The lowest BCUT2D eigenvalue weighted by Crippen LogP contribution is -2.54. The Bertz CT molecular complexity index is 438. The first kappa shape index (κ1) is 12.6. The second-order valence-corrected chi connectivity index (χ2v) is 5.17. The normalized spacial score (nSPS) is 17.4. The minimum Gasteiger partial charge on any atom is -0.465 e. The Balaban J connectivity index is 2.41. The van der Waals surface area contributed by atoms with E-state index in [0.29, 0.717) is 19.8 Å². The second-order valence-electron chi connectivity index (χ2n) is 4.25. The molecule has 0 amide bonds. The van der Waals surface area contributed by atoms with Gasteiger partial charge in [0.1, 0.15) is 5.41 Å². The molecular formula is C13H15BrO3. The Morgan fingerprint density at radius 1 is 1.53 bits per heavy atom. The molecule has 0 spiro atoms. The van der Waals surface area contributed by atoms with Crippen molar-refractivity contribution in [1.82, 2.24) is 0 Å². The van der Waals surface area contributed by atoms with Crippen LogP contribution in [0.2, 0.25) is 0 Å². The van der Waals surface area contributed by atoms with E-state index in [1.54, 1.807) is 0 Å². The van der Waals surface area contributed by atoms with Crippen molar-refractivity contribution in [2.45, 2.75) is 19.3 Å². The third kappa shape index (κ3) is 2.11. The van der Waals surface area contributed by atoms with Crippen molar-refractivity contribution < 1.29 is 14.3 Å². The van der Waals surface area contributed by atoms with Crippen molar-refractivity contribution in [1.29, 1.82) is 0 Å². The molecule has 0 N–H and O–H groups in total. The molecule has 0 aliphatic carbocycles. The molecule has 4 heteroatoms. The molecule has 0 bridgehead atoms. The molecule has 1 fully saturated rings. The van der Waals surface area contributed by atoms with Crippen LogP contribution in [0.4, 0.5) is 0 Å². The van der Waals surface area contributed by atoms with Crippen molar-refractivity contribution in [3.63, 3.8) is 0 Å². The van der Waals surface area contributed by atoms with E-state index in [1.165, 1.54) is 0 Å². The third-order valence-electron chi connectivity index (χ3n) is 3.08. The summed E-state index contributed by atoms with van der Waals surface area (Å²) in [7, 11) is 0. The summed E-state index contributed by atoms with van der Waals surface area (Å²) in [5, 5.41) is 0. The number of halogens is 1. The molecule has 1 saturated heterocycles. The van der Waals surface area contributed by atoms with Gasteiger partial charge in [-0.25, -0.2) is 0 Å². The molecule has 0 atom stereocenters. The number of ether oxygens (including phenoxy) is 2. The Hall–Kier alpha value is -0.870. The van der Waals surface area contributed by atoms with Crippen LogP contribution >= 0.6 is 15.9 Å². The summed E-state index contributed by atoms with van der Waals surface area (Å²) in [4.78, 5) is 12.1. The third-order valence-corrected chi connectivity index (χ3v) is 3.57. The van der Waals surface area contributed by atoms with Gasteiger partial charge in [0.05, 0.1) is 19.8 Å². The summed E-state index contributed by atoms with van der Waals surface area (Å²) in [5.41, 5.74) is 1.48. The zero-order valence-corrected chi connectivity index (χ0v) is 11.5. The van der Waals surface area contributed by atoms with E-state index >= 15 is 0 Å². The van der Waals surface area contributed by atoms with Crippen LogP contribution in [-0.4, -0.2) is 25.8 Å². The largest absolute Gasteiger partial charge is 0.465 e. The summed E-state index contributed by atoms with van der Waals surface area (Å²) in [6.07, 6.45) is 0. The van der Waals surface area contributed by atoms with E-state index in [-0.39, 0.29) is 5.97 Å². The van der Waals surface area contributed by atoms with E-state index < -0.39 is 5.41 Å². The highest BCUT2D eigenvalue weighted by Crippen LogP contribution is 2.37. The van der Waals surface area contributed by atoms with Crippen LogP contribution in [0.1, 0.15) is 18.1 Å². The van der Waals surface area contributed by atoms with Gasteiger partial charge in [-0.05, 0) is 37.1 Å². The van der Waals surface area contributed by atoms with Crippen LogP contribution in [0.5, 0.6) is 0 Å². The zero-order valence-electron chi connectivity index (χ0n) is 9.96. The summed E-state index contributed by atoms with van der Waals surface area (Å²) < 4.78 is 11.4. The maximum Gasteiger partial charge on any atom is 0.321 e. The number of rotatable bonds is 3. The average molecular weight is 299 g/mol. The number of esters is 1. The van der Waals surface area contributed by atoms with Crippen molar-refractivity contribution in [2.75, 3.05) is 19.8 Å². The van der Waals surface area contributed by atoms with Gasteiger partial charge in [-0.3, -0.25) is 4.79 Å². The number of aryl methyl sites for hydroxylation is 1. The maximum absolute atomic E-state index is 12.1. The van der Waals surface area contributed by atoms with Crippen LogP contribution in [0, 0.1) is 6.92 Å². The number of carbonyl (C=O) groups is 1. The van der Waals surface area contributed by atoms with E-state index in [0.717, 1.165) is 15.6 Å². The molecule has 0 aromatic heterocycles. The fraction of sp³-hybridized carbons (Fsp3) is 0.462. The molecule has 92 valence electrons. The van der Waals surface area contributed by atoms with E-state index in [9.17, 15) is 4.79 Å². The smallest absolute Gasteiger partial charge is 0.321 e. The molecule has 0 unspecified atom stereocenters. The first-order valence-corrected chi connectivity index (χ1v) is 6.41. The summed E-state index contributed by atoms with van der Waals surface area (Å²) in [5.74, 6) is -0.188. The van der Waals surface area contributed by atoms with Crippen LogP contribution in [-0.2, 0) is 19.7 Å². The number of hydrogen-bond donors (Lipinski definition) is 0. The van der Waals surface area contributed by atoms with Crippen molar-refractivity contribution in [3.05, 3.63) is 33.8 Å². The van der Waals surface area contributed by atoms with Gasteiger partial charge in [0.2, 0.25) is 0 Å². The summed E-state index contributed by atoms with van der Waals surface area (Å²) in [6.45, 7) is 5.03. The molecule has 0 radical (unpaired) electrons. The number of carbonyl (C=O) groups excluding carboxylic acids is 1. The number of hydrogen-bond acceptors (Lipinski definition) is 3. The van der Waals surface area contributed by atoms with E-state index in [1.807, 2.05) is 32.0 Å². The van der Waals surface area contributed by atoms with Crippen LogP contribution in [0.3, 0.4) is 0 Å². The maximum atomic E-state index is 12.1. The predicted molar refractivity (Wildman–Crippen MR) is 68.0 cm³/mol. The molecule has 3 nitrogen and oxygen atoms in total. The van der Waals surface area contributed by atoms with Crippen LogP contribution in [0.25, 0.3) is 0 Å². The fourth-order valence-electron chi connectivity index (χ4n) is 2.07. The van der Waals surface area contributed by atoms with E-state index in [2.05, 4.69) is 15.9 Å². The summed E-state index contributed by atoms with van der Waals surface area (Å²) >= 11 is 3.44. The van der Waals surface area contributed by atoms with Gasteiger partial charge >= 0.3 is 5.97 Å². The van der Waals surface area contributed by atoms with Gasteiger partial charge in [-0.15, -0.1) is 0 Å². The minimum atomic E-state index is -0.607. The van der Waals surface area contributed by atoms with Gasteiger partial charge in [0.25, 0.3) is 0 Å². The monoisotopic (exact) mass is 298 g/mol. The van der Waals surface area contributed by atoms with Gasteiger partial charge in [-0.1, -0.05) is 22.0 Å². The topological polar surface area (TPSA) is 35.5 Å². The highest BCUT2D eigenvalue weighted by Gasteiger charge is 2.49. The molecule has 1 aliphatic rings. The second kappa shape index (κ2) is 4.78. The minimum absolute atomic E-state index is 0.188. The highest BCUT2D eigenvalue weighted by molar-refractivity contribution is 9.10. The van der Waals surface area contributed by atoms with Crippen LogP contribution in [0.15, 0.2) is 22.7 Å². The standard InChI is InChI=1S/C13H15BrO3/c1-3-17-12(15)13(7-16-8-13)11-6-10(14)5-4-9(11)2/h4-6H,3,7-8H2,1-2H3. The lowest BCUT2D eigenvalue weighted by atomic mass is 9.76. The van der Waals surface area contributed by atoms with Crippen molar-refractivity contribution in [2.24, 2.45) is 0 Å². The quantitative estimate of drug-likeness (QED) is 0.805. The van der Waals surface area contributed by atoms with E-state index in [4.69, 9.17) is 9.47 Å². The van der Waals surface area contributed by atoms with Crippen LogP contribution < -0.4 is 0 Å². The first-order valence-electron chi connectivity index (χ1n) is 5.62. The summed E-state index contributed by atoms with van der Waals surface area (Å²) in [6, 6.07) is 5.95. The molecule has 1 aliphatic heterocycles. The first-order chi connectivity index (χ1) is 8.10. The fourth-order valence-corrected chi connectivity index (χ4v) is 2.43. The van der Waals surface area contributed by atoms with Crippen molar-refractivity contribution >= 4 is 21.9 Å². The Kier molecular flexibility index (Phi) is 3.54. The average Bonchev–Trinajstić information content (AvgIpc) is 2.22. The molecule has 2 rings (SSSR count). The highest BCUT2D eigenvalue weighted by atomic mass is 79.9. The number of benzene rings is 1. The van der Waals surface area contributed by atoms with Crippen molar-refractivity contribution in [3.8, 4) is 0 Å². The molecule has 0 saturated carbocycles. The Morgan fingerprint density at radius 3 is 2.76 bits per heavy atom. The van der Waals surface area contributed by atoms with Gasteiger partial charge in [0, 0.05) is 4.47 Å². The predicted octanol–water partition coefficient (Wildman–Crippen LogP) is 2.59. The lowest BCUT2D eigenvalue weighted by molar-refractivity contribution is -0.169. The molecule has 1 aromatic rings. The van der Waals surface area contributed by atoms with Gasteiger partial charge in [0.15, 0.2) is 0 Å². The molecule has 1 aromatic carbocycles.